The van der Waals surface area contributed by atoms with Crippen molar-refractivity contribution in [2.45, 2.75) is 38.9 Å². The first-order chi connectivity index (χ1) is 10.7. The predicted octanol–water partition coefficient (Wildman–Crippen LogP) is 4.30. The maximum atomic E-state index is 9.23. The van der Waals surface area contributed by atoms with Gasteiger partial charge in [0.15, 0.2) is 6.29 Å². The van der Waals surface area contributed by atoms with Crippen LogP contribution in [0.2, 0.25) is 0 Å². The van der Waals surface area contributed by atoms with E-state index in [0.29, 0.717) is 5.56 Å². The van der Waals surface area contributed by atoms with E-state index in [1.54, 1.807) is 12.1 Å². The summed E-state index contributed by atoms with van der Waals surface area (Å²) in [4.78, 5) is 0. The van der Waals surface area contributed by atoms with Crippen LogP contribution in [0.3, 0.4) is 0 Å². The van der Waals surface area contributed by atoms with Gasteiger partial charge in [-0.2, -0.15) is 0 Å². The molecule has 0 spiro atoms. The molecule has 3 nitrogen and oxygen atoms in total. The van der Waals surface area contributed by atoms with Gasteiger partial charge in [0.1, 0.15) is 5.75 Å². The van der Waals surface area contributed by atoms with Gasteiger partial charge in [0.2, 0.25) is 0 Å². The summed E-state index contributed by atoms with van der Waals surface area (Å²) in [5.41, 5.74) is 2.48. The van der Waals surface area contributed by atoms with Crippen molar-refractivity contribution in [1.82, 2.24) is 0 Å². The Balaban J connectivity index is 1.95. The zero-order valence-electron chi connectivity index (χ0n) is 13.0. The van der Waals surface area contributed by atoms with Crippen molar-refractivity contribution in [3.8, 4) is 16.9 Å². The molecule has 0 atom stereocenters. The number of rotatable bonds is 8. The van der Waals surface area contributed by atoms with E-state index in [1.165, 1.54) is 19.3 Å². The summed E-state index contributed by atoms with van der Waals surface area (Å²) in [6.07, 6.45) is 3.35. The molecular weight excluding hydrogens is 276 g/mol. The molecule has 118 valence electrons. The minimum atomic E-state index is -1.44. The third kappa shape index (κ3) is 4.86. The number of benzene rings is 2. The van der Waals surface area contributed by atoms with Crippen LogP contribution in [0.5, 0.6) is 5.75 Å². The molecule has 3 heteroatoms. The van der Waals surface area contributed by atoms with E-state index in [2.05, 4.69) is 6.92 Å². The highest BCUT2D eigenvalue weighted by molar-refractivity contribution is 5.65. The first-order valence-corrected chi connectivity index (χ1v) is 7.90. The molecule has 2 aromatic rings. The Morgan fingerprint density at radius 2 is 1.68 bits per heavy atom. The highest BCUT2D eigenvalue weighted by Crippen LogP contribution is 2.25. The zero-order valence-corrected chi connectivity index (χ0v) is 13.0. The summed E-state index contributed by atoms with van der Waals surface area (Å²) in [6.45, 7) is 2.95. The van der Waals surface area contributed by atoms with Crippen molar-refractivity contribution in [1.29, 1.82) is 0 Å². The lowest BCUT2D eigenvalue weighted by Crippen LogP contribution is -1.97. The number of ether oxygens (including phenoxy) is 1. The molecule has 0 aliphatic rings. The molecule has 0 aliphatic heterocycles. The second kappa shape index (κ2) is 8.57. The summed E-state index contributed by atoms with van der Waals surface area (Å²) in [7, 11) is 0. The van der Waals surface area contributed by atoms with Crippen LogP contribution >= 0.6 is 0 Å². The molecule has 0 fully saturated rings. The number of aliphatic hydroxyl groups excluding tert-OH is 1. The Hall–Kier alpha value is -1.84. The van der Waals surface area contributed by atoms with Gasteiger partial charge in [-0.1, -0.05) is 56.5 Å². The van der Waals surface area contributed by atoms with Crippen LogP contribution < -0.4 is 4.74 Å². The van der Waals surface area contributed by atoms with E-state index < -0.39 is 6.29 Å². The Morgan fingerprint density at radius 1 is 0.909 bits per heavy atom. The third-order valence-corrected chi connectivity index (χ3v) is 3.64. The van der Waals surface area contributed by atoms with Crippen molar-refractivity contribution < 1.29 is 14.9 Å². The van der Waals surface area contributed by atoms with Crippen molar-refractivity contribution in [3.05, 3.63) is 54.1 Å². The maximum Gasteiger partial charge on any atom is 0.178 e. The average Bonchev–Trinajstić information content (AvgIpc) is 2.55. The minimum absolute atomic E-state index is 0.494. The minimum Gasteiger partial charge on any atom is -0.494 e. The van der Waals surface area contributed by atoms with Gasteiger partial charge in [-0.15, -0.1) is 0 Å². The van der Waals surface area contributed by atoms with Gasteiger partial charge >= 0.3 is 0 Å². The summed E-state index contributed by atoms with van der Waals surface area (Å²) in [5.74, 6) is 0.874. The van der Waals surface area contributed by atoms with E-state index in [-0.39, 0.29) is 0 Å². The van der Waals surface area contributed by atoms with Crippen LogP contribution in [0.4, 0.5) is 0 Å². The first-order valence-electron chi connectivity index (χ1n) is 7.90. The quantitative estimate of drug-likeness (QED) is 0.564. The molecule has 22 heavy (non-hydrogen) atoms. The Morgan fingerprint density at radius 3 is 2.36 bits per heavy atom. The highest BCUT2D eigenvalue weighted by Gasteiger charge is 2.05. The number of unbranched alkanes of at least 4 members (excludes halogenated alkanes) is 3. The van der Waals surface area contributed by atoms with Crippen LogP contribution in [0, 0.1) is 0 Å². The van der Waals surface area contributed by atoms with Crippen LogP contribution in [0.1, 0.15) is 44.5 Å². The van der Waals surface area contributed by atoms with E-state index in [4.69, 9.17) is 4.74 Å². The summed E-state index contributed by atoms with van der Waals surface area (Å²) in [5, 5.41) is 18.5. The predicted molar refractivity (Wildman–Crippen MR) is 88.7 cm³/mol. The normalized spacial score (nSPS) is 10.9. The fourth-order valence-electron chi connectivity index (χ4n) is 2.34. The fraction of sp³-hybridized carbons (Fsp3) is 0.368. The van der Waals surface area contributed by atoms with E-state index in [9.17, 15) is 10.2 Å². The number of hydrogen-bond donors (Lipinski definition) is 2. The lowest BCUT2D eigenvalue weighted by molar-refractivity contribution is -0.0424. The molecule has 0 radical (unpaired) electrons. The van der Waals surface area contributed by atoms with Gasteiger partial charge in [0.25, 0.3) is 0 Å². The second-order valence-corrected chi connectivity index (χ2v) is 5.43. The Bertz CT molecular complexity index is 561. The average molecular weight is 300 g/mol. The summed E-state index contributed by atoms with van der Waals surface area (Å²) >= 11 is 0. The van der Waals surface area contributed by atoms with Gasteiger partial charge in [0.05, 0.1) is 6.61 Å². The molecule has 0 saturated heterocycles. The molecule has 0 heterocycles. The van der Waals surface area contributed by atoms with E-state index in [0.717, 1.165) is 29.9 Å². The van der Waals surface area contributed by atoms with Crippen molar-refractivity contribution in [2.75, 3.05) is 6.61 Å². The smallest absolute Gasteiger partial charge is 0.178 e. The third-order valence-electron chi connectivity index (χ3n) is 3.64. The highest BCUT2D eigenvalue weighted by atomic mass is 16.5. The first kappa shape index (κ1) is 16.5. The standard InChI is InChI=1S/C19H24O3/c1-2-3-4-5-13-22-18-11-9-15(10-12-18)16-7-6-8-17(14-16)19(20)21/h6-12,14,19-21H,2-5,13H2,1H3. The largest absolute Gasteiger partial charge is 0.494 e. The van der Waals surface area contributed by atoms with E-state index >= 15 is 0 Å². The lowest BCUT2D eigenvalue weighted by atomic mass is 10.0. The van der Waals surface area contributed by atoms with Gasteiger partial charge in [0, 0.05) is 5.56 Å². The summed E-state index contributed by atoms with van der Waals surface area (Å²) < 4.78 is 5.73. The van der Waals surface area contributed by atoms with E-state index in [1.807, 2.05) is 36.4 Å². The number of aliphatic hydroxyl groups is 2. The second-order valence-electron chi connectivity index (χ2n) is 5.43. The summed E-state index contributed by atoms with van der Waals surface area (Å²) in [6, 6.07) is 15.1. The molecule has 0 aromatic heterocycles. The lowest BCUT2D eigenvalue weighted by Gasteiger charge is -2.09. The molecular formula is C19H24O3. The molecule has 0 amide bonds. The fourth-order valence-corrected chi connectivity index (χ4v) is 2.34. The Labute approximate surface area is 132 Å². The molecule has 0 aliphatic carbocycles. The van der Waals surface area contributed by atoms with Gasteiger partial charge in [-0.25, -0.2) is 0 Å². The van der Waals surface area contributed by atoms with Crippen LogP contribution in [-0.4, -0.2) is 16.8 Å². The van der Waals surface area contributed by atoms with Gasteiger partial charge in [-0.3, -0.25) is 0 Å². The van der Waals surface area contributed by atoms with Gasteiger partial charge < -0.3 is 14.9 Å². The zero-order chi connectivity index (χ0) is 15.8. The molecule has 2 N–H and O–H groups in total. The topological polar surface area (TPSA) is 49.7 Å². The molecule has 0 bridgehead atoms. The molecule has 0 unspecified atom stereocenters. The monoisotopic (exact) mass is 300 g/mol. The van der Waals surface area contributed by atoms with Crippen LogP contribution in [-0.2, 0) is 0 Å². The SMILES string of the molecule is CCCCCCOc1ccc(-c2cccc(C(O)O)c2)cc1. The number of hydrogen-bond acceptors (Lipinski definition) is 3. The van der Waals surface area contributed by atoms with Crippen LogP contribution in [0.25, 0.3) is 11.1 Å². The molecule has 2 rings (SSSR count). The molecule has 2 aromatic carbocycles. The Kier molecular flexibility index (Phi) is 6.44. The van der Waals surface area contributed by atoms with Crippen molar-refractivity contribution >= 4 is 0 Å². The van der Waals surface area contributed by atoms with Crippen molar-refractivity contribution in [3.63, 3.8) is 0 Å². The maximum absolute atomic E-state index is 9.23. The van der Waals surface area contributed by atoms with Crippen LogP contribution in [0.15, 0.2) is 48.5 Å². The molecule has 0 saturated carbocycles. The van der Waals surface area contributed by atoms with Gasteiger partial charge in [-0.05, 0) is 35.7 Å². The van der Waals surface area contributed by atoms with Crippen molar-refractivity contribution in [2.24, 2.45) is 0 Å².